The van der Waals surface area contributed by atoms with Crippen LogP contribution in [0, 0.1) is 19.7 Å². The second-order valence-corrected chi connectivity index (χ2v) is 6.52. The first-order chi connectivity index (χ1) is 13.3. The van der Waals surface area contributed by atoms with Crippen molar-refractivity contribution in [3.05, 3.63) is 70.5 Å². The van der Waals surface area contributed by atoms with Gasteiger partial charge in [0, 0.05) is 19.2 Å². The van der Waals surface area contributed by atoms with Crippen molar-refractivity contribution in [2.24, 2.45) is 0 Å². The van der Waals surface area contributed by atoms with Crippen LogP contribution in [-0.4, -0.2) is 42.9 Å². The van der Waals surface area contributed by atoms with Crippen LogP contribution in [0.2, 0.25) is 0 Å². The van der Waals surface area contributed by atoms with Gasteiger partial charge in [-0.15, -0.1) is 0 Å². The van der Waals surface area contributed by atoms with Gasteiger partial charge in [0.15, 0.2) is 6.61 Å². The summed E-state index contributed by atoms with van der Waals surface area (Å²) in [4.78, 5) is 37.2. The van der Waals surface area contributed by atoms with Crippen molar-refractivity contribution in [3.8, 4) is 0 Å². The smallest absolute Gasteiger partial charge is 0.325 e. The third-order valence-corrected chi connectivity index (χ3v) is 4.28. The fourth-order valence-electron chi connectivity index (χ4n) is 2.39. The summed E-state index contributed by atoms with van der Waals surface area (Å²) in [7, 11) is 1.56. The SMILES string of the molecule is Cc1ccc(C(=O)NCC(=O)OCC(=O)N(C)Cc2ccc(F)cc2)cc1C. The Labute approximate surface area is 163 Å². The average molecular weight is 386 g/mol. The third-order valence-electron chi connectivity index (χ3n) is 4.28. The maximum atomic E-state index is 12.9. The molecule has 0 atom stereocenters. The number of nitrogens with zero attached hydrogens (tertiary/aromatic N) is 1. The van der Waals surface area contributed by atoms with Crippen LogP contribution in [0.1, 0.15) is 27.0 Å². The lowest BCUT2D eigenvalue weighted by Gasteiger charge is -2.17. The van der Waals surface area contributed by atoms with Crippen LogP contribution in [0.25, 0.3) is 0 Å². The van der Waals surface area contributed by atoms with Crippen molar-refractivity contribution in [3.63, 3.8) is 0 Å². The maximum Gasteiger partial charge on any atom is 0.325 e. The van der Waals surface area contributed by atoms with Gasteiger partial charge in [-0.3, -0.25) is 14.4 Å². The van der Waals surface area contributed by atoms with E-state index < -0.39 is 18.5 Å². The molecule has 6 nitrogen and oxygen atoms in total. The Kier molecular flexibility index (Phi) is 7.26. The van der Waals surface area contributed by atoms with Gasteiger partial charge < -0.3 is 15.0 Å². The second kappa shape index (κ2) is 9.64. The van der Waals surface area contributed by atoms with Crippen LogP contribution in [-0.2, 0) is 20.9 Å². The summed E-state index contributed by atoms with van der Waals surface area (Å²) in [6.07, 6.45) is 0. The van der Waals surface area contributed by atoms with Gasteiger partial charge in [0.05, 0.1) is 0 Å². The number of aryl methyl sites for hydroxylation is 2. The summed E-state index contributed by atoms with van der Waals surface area (Å²) in [6.45, 7) is 3.34. The predicted molar refractivity (Wildman–Crippen MR) is 102 cm³/mol. The van der Waals surface area contributed by atoms with Crippen molar-refractivity contribution in [1.29, 1.82) is 0 Å². The standard InChI is InChI=1S/C21H23FN2O4/c1-14-4-7-17(10-15(14)2)21(27)23-11-20(26)28-13-19(25)24(3)12-16-5-8-18(22)9-6-16/h4-10H,11-13H2,1-3H3,(H,23,27). The number of ether oxygens (including phenoxy) is 1. The van der Waals surface area contributed by atoms with Crippen LogP contribution in [0.4, 0.5) is 4.39 Å². The Morgan fingerprint density at radius 1 is 1.04 bits per heavy atom. The van der Waals surface area contributed by atoms with E-state index in [9.17, 15) is 18.8 Å². The molecule has 0 radical (unpaired) electrons. The molecule has 2 amide bonds. The van der Waals surface area contributed by atoms with Crippen molar-refractivity contribution in [2.75, 3.05) is 20.2 Å². The average Bonchev–Trinajstić information content (AvgIpc) is 2.67. The lowest BCUT2D eigenvalue weighted by Crippen LogP contribution is -2.34. The van der Waals surface area contributed by atoms with Crippen molar-refractivity contribution >= 4 is 17.8 Å². The minimum absolute atomic E-state index is 0.264. The van der Waals surface area contributed by atoms with E-state index >= 15 is 0 Å². The lowest BCUT2D eigenvalue weighted by molar-refractivity contribution is -0.150. The van der Waals surface area contributed by atoms with Crippen LogP contribution in [0.5, 0.6) is 0 Å². The molecule has 2 rings (SSSR count). The highest BCUT2D eigenvalue weighted by Gasteiger charge is 2.14. The number of nitrogens with one attached hydrogen (secondary N) is 1. The monoisotopic (exact) mass is 386 g/mol. The highest BCUT2D eigenvalue weighted by molar-refractivity contribution is 5.96. The zero-order valence-electron chi connectivity index (χ0n) is 16.1. The number of benzene rings is 2. The van der Waals surface area contributed by atoms with Gasteiger partial charge in [0.2, 0.25) is 0 Å². The summed E-state index contributed by atoms with van der Waals surface area (Å²) in [6, 6.07) is 11.0. The van der Waals surface area contributed by atoms with E-state index in [1.54, 1.807) is 31.3 Å². The molecule has 0 aliphatic rings. The normalized spacial score (nSPS) is 10.3. The Hall–Kier alpha value is -3.22. The molecule has 0 unspecified atom stereocenters. The topological polar surface area (TPSA) is 75.7 Å². The molecule has 0 saturated heterocycles. The van der Waals surface area contributed by atoms with Gasteiger partial charge in [-0.1, -0.05) is 18.2 Å². The molecule has 2 aromatic rings. The molecule has 0 aromatic heterocycles. The lowest BCUT2D eigenvalue weighted by atomic mass is 10.1. The molecule has 0 aliphatic carbocycles. The van der Waals surface area contributed by atoms with Gasteiger partial charge >= 0.3 is 5.97 Å². The van der Waals surface area contributed by atoms with Crippen LogP contribution in [0.3, 0.4) is 0 Å². The minimum Gasteiger partial charge on any atom is -0.454 e. The number of amides is 2. The molecule has 2 aromatic carbocycles. The van der Waals surface area contributed by atoms with E-state index in [1.165, 1.54) is 17.0 Å². The van der Waals surface area contributed by atoms with Crippen molar-refractivity contribution in [1.82, 2.24) is 10.2 Å². The van der Waals surface area contributed by atoms with E-state index in [0.29, 0.717) is 5.56 Å². The first-order valence-electron chi connectivity index (χ1n) is 8.75. The van der Waals surface area contributed by atoms with Gasteiger partial charge in [-0.25, -0.2) is 4.39 Å². The molecular weight excluding hydrogens is 363 g/mol. The molecule has 0 heterocycles. The van der Waals surface area contributed by atoms with Crippen LogP contribution in [0.15, 0.2) is 42.5 Å². The Balaban J connectivity index is 1.75. The third kappa shape index (κ3) is 6.19. The number of carbonyl (C=O) groups is 3. The molecule has 7 heteroatoms. The zero-order valence-corrected chi connectivity index (χ0v) is 16.1. The number of esters is 1. The van der Waals surface area contributed by atoms with E-state index in [4.69, 9.17) is 4.74 Å². The second-order valence-electron chi connectivity index (χ2n) is 6.52. The zero-order chi connectivity index (χ0) is 20.7. The van der Waals surface area contributed by atoms with E-state index in [-0.39, 0.29) is 24.8 Å². The van der Waals surface area contributed by atoms with E-state index in [0.717, 1.165) is 16.7 Å². The fourth-order valence-corrected chi connectivity index (χ4v) is 2.39. The predicted octanol–water partition coefficient (Wildman–Crippen LogP) is 2.37. The molecule has 0 saturated carbocycles. The first kappa shape index (κ1) is 21.1. The molecule has 0 aliphatic heterocycles. The highest BCUT2D eigenvalue weighted by Crippen LogP contribution is 2.09. The minimum atomic E-state index is -0.708. The largest absolute Gasteiger partial charge is 0.454 e. The number of hydrogen-bond acceptors (Lipinski definition) is 4. The number of halogens is 1. The summed E-state index contributed by atoms with van der Waals surface area (Å²) in [5.74, 6) is -1.85. The summed E-state index contributed by atoms with van der Waals surface area (Å²) >= 11 is 0. The highest BCUT2D eigenvalue weighted by atomic mass is 19.1. The Bertz CT molecular complexity index is 865. The molecule has 0 fully saturated rings. The molecule has 148 valence electrons. The van der Waals surface area contributed by atoms with E-state index in [2.05, 4.69) is 5.32 Å². The van der Waals surface area contributed by atoms with Crippen LogP contribution < -0.4 is 5.32 Å². The van der Waals surface area contributed by atoms with Gasteiger partial charge in [0.1, 0.15) is 12.4 Å². The Morgan fingerprint density at radius 3 is 2.36 bits per heavy atom. The molecule has 0 spiro atoms. The summed E-state index contributed by atoms with van der Waals surface area (Å²) < 4.78 is 17.8. The fraction of sp³-hybridized carbons (Fsp3) is 0.286. The summed E-state index contributed by atoms with van der Waals surface area (Å²) in [5.41, 5.74) is 3.25. The van der Waals surface area contributed by atoms with Crippen molar-refractivity contribution in [2.45, 2.75) is 20.4 Å². The molecule has 1 N–H and O–H groups in total. The van der Waals surface area contributed by atoms with Gasteiger partial charge in [-0.2, -0.15) is 0 Å². The number of likely N-dealkylation sites (N-methyl/N-ethyl adjacent to an activating group) is 1. The quantitative estimate of drug-likeness (QED) is 0.742. The summed E-state index contributed by atoms with van der Waals surface area (Å²) in [5, 5.41) is 2.47. The number of hydrogen-bond donors (Lipinski definition) is 1. The van der Waals surface area contributed by atoms with Crippen molar-refractivity contribution < 1.29 is 23.5 Å². The van der Waals surface area contributed by atoms with Gasteiger partial charge in [0.25, 0.3) is 11.8 Å². The molecule has 0 bridgehead atoms. The molecule has 28 heavy (non-hydrogen) atoms. The molecular formula is C21H23FN2O4. The number of rotatable bonds is 7. The van der Waals surface area contributed by atoms with E-state index in [1.807, 2.05) is 19.9 Å². The maximum absolute atomic E-state index is 12.9. The Morgan fingerprint density at radius 2 is 1.71 bits per heavy atom. The van der Waals surface area contributed by atoms with Crippen LogP contribution >= 0.6 is 0 Å². The number of carbonyl (C=O) groups excluding carboxylic acids is 3. The first-order valence-corrected chi connectivity index (χ1v) is 8.75. The van der Waals surface area contributed by atoms with Gasteiger partial charge in [-0.05, 0) is 54.8 Å².